The van der Waals surface area contributed by atoms with Crippen molar-refractivity contribution < 1.29 is 23.8 Å². The van der Waals surface area contributed by atoms with Crippen LogP contribution in [0.1, 0.15) is 22.8 Å². The van der Waals surface area contributed by atoms with Gasteiger partial charge in [0.2, 0.25) is 0 Å². The first-order valence-electron chi connectivity index (χ1n) is 9.44. The monoisotopic (exact) mass is 425 g/mol. The minimum absolute atomic E-state index is 0.173. The molecule has 0 aliphatic heterocycles. The van der Waals surface area contributed by atoms with E-state index in [0.717, 1.165) is 11.1 Å². The Morgan fingerprint density at radius 1 is 1.07 bits per heavy atom. The van der Waals surface area contributed by atoms with Crippen LogP contribution in [0.4, 0.5) is 5.00 Å². The number of carbonyl (C=O) groups excluding carboxylic acids is 2. The number of nitrogens with one attached hydrogen (secondary N) is 1. The minimum atomic E-state index is -0.503. The number of anilines is 1. The molecule has 0 saturated heterocycles. The van der Waals surface area contributed by atoms with E-state index in [0.29, 0.717) is 27.6 Å². The van der Waals surface area contributed by atoms with Gasteiger partial charge in [0.25, 0.3) is 5.91 Å². The van der Waals surface area contributed by atoms with Crippen molar-refractivity contribution in [2.75, 3.05) is 25.6 Å². The number of rotatable bonds is 8. The molecule has 2 aromatic carbocycles. The molecule has 3 rings (SSSR count). The number of benzene rings is 2. The minimum Gasteiger partial charge on any atom is -0.496 e. The first-order valence-corrected chi connectivity index (χ1v) is 10.3. The van der Waals surface area contributed by atoms with Gasteiger partial charge in [-0.25, -0.2) is 4.79 Å². The maximum absolute atomic E-state index is 12.7. The Balaban J connectivity index is 1.89. The van der Waals surface area contributed by atoms with Crippen LogP contribution in [0.5, 0.6) is 11.5 Å². The Bertz CT molecular complexity index is 1030. The molecule has 0 bridgehead atoms. The summed E-state index contributed by atoms with van der Waals surface area (Å²) >= 11 is 1.26. The molecule has 0 fully saturated rings. The van der Waals surface area contributed by atoms with Crippen LogP contribution in [0.25, 0.3) is 11.1 Å². The van der Waals surface area contributed by atoms with Gasteiger partial charge in [-0.1, -0.05) is 29.8 Å². The van der Waals surface area contributed by atoms with Gasteiger partial charge in [0.1, 0.15) is 22.1 Å². The average molecular weight is 426 g/mol. The number of methoxy groups -OCH3 is 1. The summed E-state index contributed by atoms with van der Waals surface area (Å²) in [5, 5.41) is 5.00. The van der Waals surface area contributed by atoms with Crippen molar-refractivity contribution >= 4 is 28.2 Å². The lowest BCUT2D eigenvalue weighted by molar-refractivity contribution is -0.118. The molecule has 1 amide bonds. The number of hydrogen-bond acceptors (Lipinski definition) is 6. The summed E-state index contributed by atoms with van der Waals surface area (Å²) in [6.07, 6.45) is 0. The maximum atomic E-state index is 12.7. The van der Waals surface area contributed by atoms with E-state index in [1.807, 2.05) is 48.7 Å². The third-order valence-electron chi connectivity index (χ3n) is 4.28. The van der Waals surface area contributed by atoms with E-state index in [9.17, 15) is 9.59 Å². The molecule has 156 valence electrons. The molecule has 0 atom stereocenters. The number of esters is 1. The van der Waals surface area contributed by atoms with Crippen molar-refractivity contribution in [1.29, 1.82) is 0 Å². The number of carbonyl (C=O) groups is 2. The summed E-state index contributed by atoms with van der Waals surface area (Å²) in [7, 11) is 1.58. The molecule has 7 heteroatoms. The number of ether oxygens (including phenoxy) is 3. The number of para-hydroxylation sites is 1. The summed E-state index contributed by atoms with van der Waals surface area (Å²) in [5.41, 5.74) is 2.74. The molecule has 0 aliphatic carbocycles. The summed E-state index contributed by atoms with van der Waals surface area (Å²) in [6, 6.07) is 14.8. The fourth-order valence-electron chi connectivity index (χ4n) is 2.91. The Morgan fingerprint density at radius 2 is 1.83 bits per heavy atom. The molecule has 30 heavy (non-hydrogen) atoms. The zero-order valence-corrected chi connectivity index (χ0v) is 17.9. The average Bonchev–Trinajstić information content (AvgIpc) is 3.16. The predicted molar refractivity (Wildman–Crippen MR) is 118 cm³/mol. The summed E-state index contributed by atoms with van der Waals surface area (Å²) in [6.45, 7) is 3.75. The van der Waals surface area contributed by atoms with Gasteiger partial charge in [-0.2, -0.15) is 0 Å². The third kappa shape index (κ3) is 4.99. The Labute approximate surface area is 179 Å². The second kappa shape index (κ2) is 9.93. The standard InChI is InChI=1S/C23H23NO5S/c1-4-28-23(26)21-18(17-12-15(2)10-11-19(17)27-3)14-30-22(21)24-20(25)13-29-16-8-6-5-7-9-16/h5-12,14H,4,13H2,1-3H3,(H,24,25). The molecule has 1 heterocycles. The highest BCUT2D eigenvalue weighted by atomic mass is 32.1. The van der Waals surface area contributed by atoms with Crippen LogP contribution in [0.15, 0.2) is 53.9 Å². The quantitative estimate of drug-likeness (QED) is 0.518. The van der Waals surface area contributed by atoms with Crippen molar-refractivity contribution in [3.8, 4) is 22.6 Å². The molecular weight excluding hydrogens is 402 g/mol. The Hall–Kier alpha value is -3.32. The van der Waals surface area contributed by atoms with Gasteiger partial charge in [0, 0.05) is 16.5 Å². The van der Waals surface area contributed by atoms with Crippen LogP contribution >= 0.6 is 11.3 Å². The van der Waals surface area contributed by atoms with Crippen LogP contribution in [0.3, 0.4) is 0 Å². The van der Waals surface area contributed by atoms with Crippen molar-refractivity contribution in [1.82, 2.24) is 0 Å². The lowest BCUT2D eigenvalue weighted by Crippen LogP contribution is -2.21. The highest BCUT2D eigenvalue weighted by Crippen LogP contribution is 2.40. The van der Waals surface area contributed by atoms with Crippen molar-refractivity contribution in [3.05, 3.63) is 65.0 Å². The molecule has 0 aliphatic rings. The van der Waals surface area contributed by atoms with Crippen molar-refractivity contribution in [3.63, 3.8) is 0 Å². The summed E-state index contributed by atoms with van der Waals surface area (Å²) < 4.78 is 16.2. The van der Waals surface area contributed by atoms with Crippen LogP contribution in [0, 0.1) is 6.92 Å². The molecule has 0 radical (unpaired) electrons. The Morgan fingerprint density at radius 3 is 2.53 bits per heavy atom. The molecule has 1 aromatic heterocycles. The molecule has 3 aromatic rings. The molecule has 0 saturated carbocycles. The van der Waals surface area contributed by atoms with Crippen molar-refractivity contribution in [2.45, 2.75) is 13.8 Å². The van der Waals surface area contributed by atoms with Gasteiger partial charge < -0.3 is 19.5 Å². The van der Waals surface area contributed by atoms with E-state index in [2.05, 4.69) is 5.32 Å². The highest BCUT2D eigenvalue weighted by molar-refractivity contribution is 7.15. The number of thiophene rings is 1. The van der Waals surface area contributed by atoms with E-state index in [1.165, 1.54) is 11.3 Å². The van der Waals surface area contributed by atoms with Crippen LogP contribution in [-0.2, 0) is 9.53 Å². The normalized spacial score (nSPS) is 10.4. The van der Waals surface area contributed by atoms with Gasteiger partial charge in [-0.05, 0) is 38.1 Å². The molecule has 6 nitrogen and oxygen atoms in total. The number of amides is 1. The predicted octanol–water partition coefficient (Wildman–Crippen LogP) is 4.93. The highest BCUT2D eigenvalue weighted by Gasteiger charge is 2.24. The van der Waals surface area contributed by atoms with Crippen LogP contribution in [-0.4, -0.2) is 32.2 Å². The largest absolute Gasteiger partial charge is 0.496 e. The third-order valence-corrected chi connectivity index (χ3v) is 5.18. The van der Waals surface area contributed by atoms with E-state index >= 15 is 0 Å². The lowest BCUT2D eigenvalue weighted by Gasteiger charge is -2.12. The second-order valence-electron chi connectivity index (χ2n) is 6.43. The molecular formula is C23H23NO5S. The molecule has 0 spiro atoms. The van der Waals surface area contributed by atoms with Crippen LogP contribution in [0.2, 0.25) is 0 Å². The van der Waals surface area contributed by atoms with Gasteiger partial charge in [0.15, 0.2) is 6.61 Å². The second-order valence-corrected chi connectivity index (χ2v) is 7.31. The Kier molecular flexibility index (Phi) is 7.08. The van der Waals surface area contributed by atoms with E-state index in [-0.39, 0.29) is 19.1 Å². The zero-order valence-electron chi connectivity index (χ0n) is 17.1. The van der Waals surface area contributed by atoms with E-state index < -0.39 is 5.97 Å². The molecule has 0 unspecified atom stereocenters. The fraction of sp³-hybridized carbons (Fsp3) is 0.217. The summed E-state index contributed by atoms with van der Waals surface area (Å²) in [5.74, 6) is 0.356. The van der Waals surface area contributed by atoms with Gasteiger partial charge in [-0.3, -0.25) is 4.79 Å². The van der Waals surface area contributed by atoms with Gasteiger partial charge in [-0.15, -0.1) is 11.3 Å². The van der Waals surface area contributed by atoms with Crippen LogP contribution < -0.4 is 14.8 Å². The smallest absolute Gasteiger partial charge is 0.341 e. The van der Waals surface area contributed by atoms with Gasteiger partial charge >= 0.3 is 5.97 Å². The topological polar surface area (TPSA) is 73.9 Å². The first kappa shape index (κ1) is 21.4. The fourth-order valence-corrected chi connectivity index (χ4v) is 3.88. The SMILES string of the molecule is CCOC(=O)c1c(-c2cc(C)ccc2OC)csc1NC(=O)COc1ccccc1. The maximum Gasteiger partial charge on any atom is 0.341 e. The van der Waals surface area contributed by atoms with E-state index in [4.69, 9.17) is 14.2 Å². The zero-order chi connectivity index (χ0) is 21.5. The lowest BCUT2D eigenvalue weighted by atomic mass is 10.0. The van der Waals surface area contributed by atoms with Crippen molar-refractivity contribution in [2.24, 2.45) is 0 Å². The van der Waals surface area contributed by atoms with Gasteiger partial charge in [0.05, 0.1) is 13.7 Å². The number of aryl methyl sites for hydroxylation is 1. The summed E-state index contributed by atoms with van der Waals surface area (Å²) in [4.78, 5) is 25.2. The molecule has 1 N–H and O–H groups in total. The first-order chi connectivity index (χ1) is 14.5. The number of hydrogen-bond donors (Lipinski definition) is 1. The van der Waals surface area contributed by atoms with E-state index in [1.54, 1.807) is 26.2 Å².